The number of hydrogen-bond donors (Lipinski definition) is 1. The van der Waals surface area contributed by atoms with E-state index in [2.05, 4.69) is 0 Å². The molecule has 2 N–H and O–H groups in total. The van der Waals surface area contributed by atoms with Crippen molar-refractivity contribution in [3.63, 3.8) is 0 Å². The van der Waals surface area contributed by atoms with Crippen LogP contribution in [0.2, 0.25) is 0 Å². The van der Waals surface area contributed by atoms with Gasteiger partial charge in [0.05, 0.1) is 4.88 Å². The predicted molar refractivity (Wildman–Crippen MR) is 75.2 cm³/mol. The Morgan fingerprint density at radius 1 is 1.21 bits per heavy atom. The van der Waals surface area contributed by atoms with Crippen molar-refractivity contribution in [3.8, 4) is 0 Å². The maximum Gasteiger partial charge on any atom is 0.264 e. The third kappa shape index (κ3) is 3.33. The summed E-state index contributed by atoms with van der Waals surface area (Å²) in [6.45, 7) is 4.79. The summed E-state index contributed by atoms with van der Waals surface area (Å²) < 4.78 is 0. The summed E-state index contributed by atoms with van der Waals surface area (Å²) in [6, 6.07) is 3.83. The Morgan fingerprint density at radius 3 is 2.37 bits per heavy atom. The van der Waals surface area contributed by atoms with Crippen molar-refractivity contribution >= 4 is 23.2 Å². The molecule has 0 radical (unpaired) electrons. The first-order valence-electron chi connectivity index (χ1n) is 6.45. The number of nitrogens with zero attached hydrogens (tertiary/aromatic N) is 2. The zero-order valence-electron chi connectivity index (χ0n) is 11.1. The van der Waals surface area contributed by atoms with Gasteiger partial charge in [-0.15, -0.1) is 11.3 Å². The monoisotopic (exact) mass is 281 g/mol. The first-order valence-corrected chi connectivity index (χ1v) is 7.27. The van der Waals surface area contributed by atoms with Crippen LogP contribution in [0.4, 0.5) is 0 Å². The third-order valence-electron chi connectivity index (χ3n) is 3.23. The molecule has 1 aliphatic heterocycles. The Balaban J connectivity index is 1.89. The van der Waals surface area contributed by atoms with Crippen LogP contribution in [0.5, 0.6) is 0 Å². The second-order valence-corrected chi connectivity index (χ2v) is 5.91. The molecule has 0 atom stereocenters. The third-order valence-corrected chi connectivity index (χ3v) is 4.22. The minimum atomic E-state index is 0.0732. The maximum atomic E-state index is 12.2. The lowest BCUT2D eigenvalue weighted by molar-refractivity contribution is -0.132. The standard InChI is InChI=1S/C13H19N3O2S/c1-10-2-3-11(19-10)13(18)16-8-6-15(7-9-16)12(17)4-5-14/h2-3H,4-9,14H2,1H3. The summed E-state index contributed by atoms with van der Waals surface area (Å²) >= 11 is 1.52. The van der Waals surface area contributed by atoms with Gasteiger partial charge in [-0.25, -0.2) is 0 Å². The molecule has 5 nitrogen and oxygen atoms in total. The van der Waals surface area contributed by atoms with Gasteiger partial charge in [-0.2, -0.15) is 0 Å². The van der Waals surface area contributed by atoms with E-state index in [1.807, 2.05) is 24.0 Å². The molecule has 0 unspecified atom stereocenters. The van der Waals surface area contributed by atoms with Gasteiger partial charge in [0.1, 0.15) is 0 Å². The molecule has 19 heavy (non-hydrogen) atoms. The first-order chi connectivity index (χ1) is 9.11. The summed E-state index contributed by atoms with van der Waals surface area (Å²) in [5, 5.41) is 0. The van der Waals surface area contributed by atoms with E-state index < -0.39 is 0 Å². The van der Waals surface area contributed by atoms with Crippen molar-refractivity contribution in [1.29, 1.82) is 0 Å². The number of piperazine rings is 1. The number of hydrogen-bond acceptors (Lipinski definition) is 4. The summed E-state index contributed by atoms with van der Waals surface area (Å²) in [5.41, 5.74) is 5.38. The first kappa shape index (κ1) is 14.0. The lowest BCUT2D eigenvalue weighted by atomic mass is 10.2. The lowest BCUT2D eigenvalue weighted by Crippen LogP contribution is -2.50. The van der Waals surface area contributed by atoms with Gasteiger partial charge in [-0.1, -0.05) is 0 Å². The lowest BCUT2D eigenvalue weighted by Gasteiger charge is -2.34. The van der Waals surface area contributed by atoms with Crippen molar-refractivity contribution < 1.29 is 9.59 Å². The van der Waals surface area contributed by atoms with E-state index in [0.29, 0.717) is 39.1 Å². The van der Waals surface area contributed by atoms with E-state index in [1.54, 1.807) is 4.90 Å². The van der Waals surface area contributed by atoms with E-state index in [0.717, 1.165) is 9.75 Å². The van der Waals surface area contributed by atoms with Gasteiger partial charge in [-0.05, 0) is 19.1 Å². The van der Waals surface area contributed by atoms with E-state index in [-0.39, 0.29) is 11.8 Å². The van der Waals surface area contributed by atoms with Crippen LogP contribution in [0, 0.1) is 6.92 Å². The van der Waals surface area contributed by atoms with E-state index in [9.17, 15) is 9.59 Å². The van der Waals surface area contributed by atoms with Crippen LogP contribution in [-0.2, 0) is 4.79 Å². The minimum Gasteiger partial charge on any atom is -0.339 e. The summed E-state index contributed by atoms with van der Waals surface area (Å²) in [6.07, 6.45) is 0.387. The second-order valence-electron chi connectivity index (χ2n) is 4.62. The molecule has 0 aliphatic carbocycles. The molecule has 0 aromatic carbocycles. The van der Waals surface area contributed by atoms with Crippen LogP contribution < -0.4 is 5.73 Å². The number of nitrogens with two attached hydrogens (primary N) is 1. The number of carbonyl (C=O) groups is 2. The van der Waals surface area contributed by atoms with Crippen molar-refractivity contribution in [2.45, 2.75) is 13.3 Å². The Labute approximate surface area is 117 Å². The summed E-state index contributed by atoms with van der Waals surface area (Å²) in [4.78, 5) is 29.4. The maximum absolute atomic E-state index is 12.2. The number of carbonyl (C=O) groups excluding carboxylic acids is 2. The van der Waals surface area contributed by atoms with Gasteiger partial charge >= 0.3 is 0 Å². The van der Waals surface area contributed by atoms with Gasteiger partial charge in [0, 0.05) is 44.0 Å². The number of thiophene rings is 1. The van der Waals surface area contributed by atoms with E-state index in [1.165, 1.54) is 11.3 Å². The van der Waals surface area contributed by atoms with Crippen LogP contribution in [0.15, 0.2) is 12.1 Å². The average molecular weight is 281 g/mol. The Morgan fingerprint density at radius 2 is 1.84 bits per heavy atom. The average Bonchev–Trinajstić information content (AvgIpc) is 2.85. The van der Waals surface area contributed by atoms with Crippen molar-refractivity contribution in [2.24, 2.45) is 5.73 Å². The topological polar surface area (TPSA) is 66.6 Å². The van der Waals surface area contributed by atoms with Crippen molar-refractivity contribution in [2.75, 3.05) is 32.7 Å². The molecule has 1 saturated heterocycles. The van der Waals surface area contributed by atoms with Gasteiger partial charge in [-0.3, -0.25) is 9.59 Å². The van der Waals surface area contributed by atoms with Crippen molar-refractivity contribution in [3.05, 3.63) is 21.9 Å². The fraction of sp³-hybridized carbons (Fsp3) is 0.538. The minimum absolute atomic E-state index is 0.0732. The molecule has 1 aliphatic rings. The van der Waals surface area contributed by atoms with E-state index >= 15 is 0 Å². The van der Waals surface area contributed by atoms with Crippen molar-refractivity contribution in [1.82, 2.24) is 9.80 Å². The van der Waals surface area contributed by atoms with Crippen LogP contribution in [0.1, 0.15) is 21.0 Å². The Hall–Kier alpha value is -1.40. The Kier molecular flexibility index (Phi) is 4.55. The molecule has 2 heterocycles. The largest absolute Gasteiger partial charge is 0.339 e. The highest BCUT2D eigenvalue weighted by molar-refractivity contribution is 7.13. The highest BCUT2D eigenvalue weighted by Gasteiger charge is 2.24. The molecule has 1 fully saturated rings. The molecule has 0 saturated carbocycles. The molecule has 0 spiro atoms. The second kappa shape index (κ2) is 6.16. The predicted octanol–water partition coefficient (Wildman–Crippen LogP) is 0.690. The smallest absolute Gasteiger partial charge is 0.264 e. The van der Waals surface area contributed by atoms with E-state index in [4.69, 9.17) is 5.73 Å². The molecular weight excluding hydrogens is 262 g/mol. The van der Waals surface area contributed by atoms with Gasteiger partial charge in [0.15, 0.2) is 0 Å². The SMILES string of the molecule is Cc1ccc(C(=O)N2CCN(C(=O)CCN)CC2)s1. The molecule has 1 aromatic heterocycles. The molecule has 1 aromatic rings. The zero-order chi connectivity index (χ0) is 13.8. The van der Waals surface area contributed by atoms with Gasteiger partial charge in [0.25, 0.3) is 5.91 Å². The molecule has 2 rings (SSSR count). The van der Waals surface area contributed by atoms with Crippen LogP contribution in [-0.4, -0.2) is 54.3 Å². The zero-order valence-corrected chi connectivity index (χ0v) is 11.9. The normalized spacial score (nSPS) is 15.7. The quantitative estimate of drug-likeness (QED) is 0.886. The Bertz CT molecular complexity index is 464. The number of amides is 2. The highest BCUT2D eigenvalue weighted by atomic mass is 32.1. The molecule has 6 heteroatoms. The highest BCUT2D eigenvalue weighted by Crippen LogP contribution is 2.18. The molecular formula is C13H19N3O2S. The molecule has 0 bridgehead atoms. The van der Waals surface area contributed by atoms with Crippen LogP contribution in [0.3, 0.4) is 0 Å². The van der Waals surface area contributed by atoms with Gasteiger partial charge < -0.3 is 15.5 Å². The van der Waals surface area contributed by atoms with Gasteiger partial charge in [0.2, 0.25) is 5.91 Å². The number of aryl methyl sites for hydroxylation is 1. The fourth-order valence-electron chi connectivity index (χ4n) is 2.15. The van der Waals surface area contributed by atoms with Crippen LogP contribution >= 0.6 is 11.3 Å². The molecule has 2 amide bonds. The fourth-order valence-corrected chi connectivity index (χ4v) is 2.98. The van der Waals surface area contributed by atoms with Crippen LogP contribution in [0.25, 0.3) is 0 Å². The molecule has 104 valence electrons. The summed E-state index contributed by atoms with van der Waals surface area (Å²) in [5.74, 6) is 0.158. The summed E-state index contributed by atoms with van der Waals surface area (Å²) in [7, 11) is 0. The number of rotatable bonds is 3.